The van der Waals surface area contributed by atoms with Gasteiger partial charge in [-0.3, -0.25) is 4.79 Å². The predicted octanol–water partition coefficient (Wildman–Crippen LogP) is 2.50. The lowest BCUT2D eigenvalue weighted by Gasteiger charge is -2.10. The molecule has 0 aromatic heterocycles. The Morgan fingerprint density at radius 1 is 1.08 bits per heavy atom. The average Bonchev–Trinajstić information content (AvgIpc) is 2.96. The summed E-state index contributed by atoms with van der Waals surface area (Å²) in [5, 5.41) is 11.7. The van der Waals surface area contributed by atoms with Gasteiger partial charge in [0.25, 0.3) is 5.91 Å². The molecule has 0 radical (unpaired) electrons. The van der Waals surface area contributed by atoms with Gasteiger partial charge >= 0.3 is 5.97 Å². The molecule has 26 heavy (non-hydrogen) atoms. The highest BCUT2D eigenvalue weighted by atomic mass is 32.2. The van der Waals surface area contributed by atoms with Gasteiger partial charge in [-0.2, -0.15) is 0 Å². The molecule has 1 heterocycles. The van der Waals surface area contributed by atoms with Crippen LogP contribution in [0.4, 0.5) is 5.69 Å². The number of ether oxygens (including phenoxy) is 2. The molecule has 0 aliphatic carbocycles. The van der Waals surface area contributed by atoms with Gasteiger partial charge in [0.05, 0.1) is 41.2 Å². The fourth-order valence-corrected chi connectivity index (χ4v) is 3.81. The molecule has 2 aromatic carbocycles. The van der Waals surface area contributed by atoms with Gasteiger partial charge in [-0.15, -0.1) is 0 Å². The molecule has 8 heteroatoms. The first kappa shape index (κ1) is 17.7. The van der Waals surface area contributed by atoms with Crippen molar-refractivity contribution in [2.24, 2.45) is 0 Å². The molecule has 134 valence electrons. The number of fused-ring (bicyclic) bond motifs is 1. The summed E-state index contributed by atoms with van der Waals surface area (Å²) < 4.78 is 23.1. The van der Waals surface area contributed by atoms with Crippen molar-refractivity contribution in [1.29, 1.82) is 0 Å². The number of carbonyl (C=O) groups excluding carboxylic acids is 1. The Morgan fingerprint density at radius 3 is 2.38 bits per heavy atom. The van der Waals surface area contributed by atoms with Crippen molar-refractivity contribution < 1.29 is 28.4 Å². The number of rotatable bonds is 5. The minimum Gasteiger partial charge on any atom is -0.493 e. The van der Waals surface area contributed by atoms with Gasteiger partial charge in [0.1, 0.15) is 4.91 Å². The smallest absolute Gasteiger partial charge is 0.337 e. The molecule has 1 atom stereocenters. The van der Waals surface area contributed by atoms with Crippen LogP contribution >= 0.6 is 0 Å². The summed E-state index contributed by atoms with van der Waals surface area (Å²) in [4.78, 5) is 24.3. The molecule has 2 aromatic rings. The SMILES string of the molecule is COc1cc2c(cc1OC)S(=O)C(C(=O)Nc1ccccc1C(=O)O)=C2. The summed E-state index contributed by atoms with van der Waals surface area (Å²) in [5.74, 6) is -0.936. The molecular weight excluding hydrogens is 358 g/mol. The Kier molecular flexibility index (Phi) is 4.77. The predicted molar refractivity (Wildman–Crippen MR) is 96.0 cm³/mol. The van der Waals surface area contributed by atoms with E-state index in [0.717, 1.165) is 0 Å². The average molecular weight is 373 g/mol. The number of carbonyl (C=O) groups is 2. The van der Waals surface area contributed by atoms with E-state index < -0.39 is 22.7 Å². The molecule has 1 amide bonds. The lowest BCUT2D eigenvalue weighted by Crippen LogP contribution is -2.17. The molecule has 1 unspecified atom stereocenters. The second-order valence-electron chi connectivity index (χ2n) is 5.33. The van der Waals surface area contributed by atoms with Gasteiger partial charge < -0.3 is 19.9 Å². The summed E-state index contributed by atoms with van der Waals surface area (Å²) in [6.45, 7) is 0. The first-order chi connectivity index (χ1) is 12.5. The Bertz CT molecular complexity index is 966. The lowest BCUT2D eigenvalue weighted by atomic mass is 10.1. The van der Waals surface area contributed by atoms with Crippen LogP contribution in [0.1, 0.15) is 15.9 Å². The molecule has 7 nitrogen and oxygen atoms in total. The van der Waals surface area contributed by atoms with Crippen LogP contribution in [0, 0.1) is 0 Å². The highest BCUT2D eigenvalue weighted by molar-refractivity contribution is 7.90. The maximum Gasteiger partial charge on any atom is 0.337 e. The Morgan fingerprint density at radius 2 is 1.73 bits per heavy atom. The number of aromatic carboxylic acids is 1. The van der Waals surface area contributed by atoms with Crippen LogP contribution in [0.5, 0.6) is 11.5 Å². The van der Waals surface area contributed by atoms with Crippen LogP contribution in [0.25, 0.3) is 6.08 Å². The van der Waals surface area contributed by atoms with Crippen LogP contribution in [0.2, 0.25) is 0 Å². The molecule has 0 fully saturated rings. The van der Waals surface area contributed by atoms with E-state index >= 15 is 0 Å². The van der Waals surface area contributed by atoms with Crippen molar-refractivity contribution in [2.45, 2.75) is 4.90 Å². The van der Waals surface area contributed by atoms with Gasteiger partial charge in [-0.05, 0) is 29.8 Å². The van der Waals surface area contributed by atoms with Crippen LogP contribution in [-0.2, 0) is 15.6 Å². The van der Waals surface area contributed by atoms with E-state index in [0.29, 0.717) is 22.0 Å². The van der Waals surface area contributed by atoms with E-state index in [1.165, 1.54) is 32.4 Å². The summed E-state index contributed by atoms with van der Waals surface area (Å²) >= 11 is 0. The van der Waals surface area contributed by atoms with Crippen molar-refractivity contribution in [3.63, 3.8) is 0 Å². The van der Waals surface area contributed by atoms with Crippen LogP contribution in [0.3, 0.4) is 0 Å². The zero-order valence-electron chi connectivity index (χ0n) is 13.9. The normalized spacial score (nSPS) is 15.0. The topological polar surface area (TPSA) is 102 Å². The molecule has 2 N–H and O–H groups in total. The maximum absolute atomic E-state index is 12.7. The maximum atomic E-state index is 12.7. The highest BCUT2D eigenvalue weighted by Crippen LogP contribution is 2.38. The summed E-state index contributed by atoms with van der Waals surface area (Å²) in [6.07, 6.45) is 1.49. The van der Waals surface area contributed by atoms with Gasteiger partial charge in [0.15, 0.2) is 11.5 Å². The Hall–Kier alpha value is -3.13. The van der Waals surface area contributed by atoms with Crippen molar-refractivity contribution in [3.05, 3.63) is 52.4 Å². The van der Waals surface area contributed by atoms with E-state index in [-0.39, 0.29) is 16.2 Å². The number of methoxy groups -OCH3 is 2. The number of para-hydroxylation sites is 1. The van der Waals surface area contributed by atoms with Crippen LogP contribution < -0.4 is 14.8 Å². The minimum atomic E-state index is -1.71. The summed E-state index contributed by atoms with van der Waals surface area (Å²) in [7, 11) is 1.23. The highest BCUT2D eigenvalue weighted by Gasteiger charge is 2.29. The van der Waals surface area contributed by atoms with Crippen LogP contribution in [-0.4, -0.2) is 35.4 Å². The second kappa shape index (κ2) is 7.01. The standard InChI is InChI=1S/C18H15NO6S/c1-24-13-7-10-8-16(26(23)15(10)9-14(13)25-2)17(20)19-12-6-4-3-5-11(12)18(21)22/h3-9H,1-2H3,(H,19,20)(H,21,22). The third kappa shape index (κ3) is 3.06. The first-order valence-electron chi connectivity index (χ1n) is 7.49. The number of hydrogen-bond donors (Lipinski definition) is 2. The van der Waals surface area contributed by atoms with Gasteiger partial charge in [0.2, 0.25) is 0 Å². The van der Waals surface area contributed by atoms with Gasteiger partial charge in [-0.25, -0.2) is 9.00 Å². The van der Waals surface area contributed by atoms with E-state index in [9.17, 15) is 18.9 Å². The number of benzene rings is 2. The molecule has 1 aliphatic rings. The van der Waals surface area contributed by atoms with Gasteiger partial charge in [0, 0.05) is 6.07 Å². The van der Waals surface area contributed by atoms with E-state index in [4.69, 9.17) is 9.47 Å². The third-order valence-corrected chi connectivity index (χ3v) is 5.29. The second-order valence-corrected chi connectivity index (χ2v) is 6.74. The zero-order chi connectivity index (χ0) is 18.8. The minimum absolute atomic E-state index is 0.0236. The Balaban J connectivity index is 1.92. The molecule has 0 saturated heterocycles. The van der Waals surface area contributed by atoms with Crippen LogP contribution in [0.15, 0.2) is 46.2 Å². The fraction of sp³-hybridized carbons (Fsp3) is 0.111. The largest absolute Gasteiger partial charge is 0.493 e. The van der Waals surface area contributed by atoms with E-state index in [1.54, 1.807) is 24.3 Å². The summed E-state index contributed by atoms with van der Waals surface area (Å²) in [6, 6.07) is 9.21. The molecule has 0 saturated carbocycles. The molecule has 0 bridgehead atoms. The van der Waals surface area contributed by atoms with Gasteiger partial charge in [-0.1, -0.05) is 12.1 Å². The van der Waals surface area contributed by atoms with Crippen molar-refractivity contribution in [1.82, 2.24) is 0 Å². The number of amides is 1. The Labute approximate surface area is 151 Å². The van der Waals surface area contributed by atoms with Crippen molar-refractivity contribution in [2.75, 3.05) is 19.5 Å². The molecule has 3 rings (SSSR count). The summed E-state index contributed by atoms with van der Waals surface area (Å²) in [5.41, 5.74) is 0.665. The number of anilines is 1. The third-order valence-electron chi connectivity index (χ3n) is 3.83. The van der Waals surface area contributed by atoms with Crippen molar-refractivity contribution in [3.8, 4) is 11.5 Å². The molecular formula is C18H15NO6S. The van der Waals surface area contributed by atoms with Crippen molar-refractivity contribution >= 4 is 34.4 Å². The number of carboxylic acid groups (broad SMARTS) is 1. The first-order valence-corrected chi connectivity index (χ1v) is 8.64. The van der Waals surface area contributed by atoms with E-state index in [2.05, 4.69) is 5.32 Å². The molecule has 0 spiro atoms. The number of hydrogen-bond acceptors (Lipinski definition) is 5. The zero-order valence-corrected chi connectivity index (χ0v) is 14.8. The fourth-order valence-electron chi connectivity index (χ4n) is 2.57. The number of nitrogens with one attached hydrogen (secondary N) is 1. The molecule has 1 aliphatic heterocycles. The lowest BCUT2D eigenvalue weighted by molar-refractivity contribution is -0.112. The quantitative estimate of drug-likeness (QED) is 0.835. The number of carboxylic acids is 1. The van der Waals surface area contributed by atoms with E-state index in [1.807, 2.05) is 0 Å². The monoisotopic (exact) mass is 373 g/mol.